The molecule has 1 aromatic heterocycles. The number of ether oxygens (including phenoxy) is 2. The Morgan fingerprint density at radius 2 is 1.92 bits per heavy atom. The third kappa shape index (κ3) is 3.84. The first-order valence-electron chi connectivity index (χ1n) is 8.27. The summed E-state index contributed by atoms with van der Waals surface area (Å²) in [5, 5.41) is 0. The Kier molecular flexibility index (Phi) is 4.53. The Morgan fingerprint density at radius 1 is 1.20 bits per heavy atom. The monoisotopic (exact) mass is 341 g/mol. The third-order valence-electron chi connectivity index (χ3n) is 4.07. The number of hydrogen-bond acceptors (Lipinski definition) is 5. The molecule has 1 aliphatic heterocycles. The van der Waals surface area contributed by atoms with Crippen LogP contribution in [0.2, 0.25) is 0 Å². The second-order valence-corrected chi connectivity index (χ2v) is 7.01. The van der Waals surface area contributed by atoms with Gasteiger partial charge >= 0.3 is 0 Å². The van der Waals surface area contributed by atoms with Crippen LogP contribution in [0.4, 0.5) is 11.6 Å². The Morgan fingerprint density at radius 3 is 2.60 bits per heavy atom. The molecule has 25 heavy (non-hydrogen) atoms. The van der Waals surface area contributed by atoms with Crippen molar-refractivity contribution in [2.45, 2.75) is 26.2 Å². The molecule has 0 radical (unpaired) electrons. The van der Waals surface area contributed by atoms with Crippen LogP contribution in [-0.4, -0.2) is 30.6 Å². The largest absolute Gasteiger partial charge is 0.492 e. The minimum absolute atomic E-state index is 0.00111. The van der Waals surface area contributed by atoms with E-state index in [0.717, 1.165) is 5.75 Å². The lowest BCUT2D eigenvalue weighted by molar-refractivity contribution is -0.121. The predicted molar refractivity (Wildman–Crippen MR) is 97.1 cm³/mol. The summed E-state index contributed by atoms with van der Waals surface area (Å²) >= 11 is 0. The molecule has 0 aliphatic carbocycles. The van der Waals surface area contributed by atoms with Crippen LogP contribution in [0.25, 0.3) is 0 Å². The number of carbonyl (C=O) groups excluding carboxylic acids is 1. The van der Waals surface area contributed by atoms with Gasteiger partial charge in [-0.25, -0.2) is 4.98 Å². The topological polar surface area (TPSA) is 77.7 Å². The molecule has 1 aliphatic rings. The summed E-state index contributed by atoms with van der Waals surface area (Å²) in [5.41, 5.74) is 7.07. The van der Waals surface area contributed by atoms with E-state index in [1.165, 1.54) is 5.56 Å². The van der Waals surface area contributed by atoms with Crippen molar-refractivity contribution in [3.05, 3.63) is 42.0 Å². The van der Waals surface area contributed by atoms with Gasteiger partial charge in [-0.1, -0.05) is 32.9 Å². The van der Waals surface area contributed by atoms with E-state index in [1.807, 2.05) is 12.1 Å². The normalized spacial score (nSPS) is 14.0. The Balaban J connectivity index is 1.64. The molecule has 0 spiro atoms. The molecule has 0 atom stereocenters. The average Bonchev–Trinajstić information content (AvgIpc) is 2.56. The van der Waals surface area contributed by atoms with Gasteiger partial charge in [0.25, 0.3) is 5.91 Å². The quantitative estimate of drug-likeness (QED) is 0.925. The van der Waals surface area contributed by atoms with Gasteiger partial charge in [-0.05, 0) is 35.2 Å². The Labute approximate surface area is 147 Å². The summed E-state index contributed by atoms with van der Waals surface area (Å²) in [4.78, 5) is 17.9. The molecule has 1 aromatic carbocycles. The molecule has 2 heterocycles. The lowest BCUT2D eigenvalue weighted by atomic mass is 9.87. The van der Waals surface area contributed by atoms with E-state index in [1.54, 1.807) is 17.0 Å². The molecule has 0 fully saturated rings. The van der Waals surface area contributed by atoms with Crippen molar-refractivity contribution in [2.75, 3.05) is 30.4 Å². The van der Waals surface area contributed by atoms with Gasteiger partial charge in [0.15, 0.2) is 18.2 Å². The molecule has 0 saturated heterocycles. The maximum absolute atomic E-state index is 12.1. The molecule has 0 saturated carbocycles. The first-order valence-corrected chi connectivity index (χ1v) is 8.27. The number of rotatable bonds is 4. The number of carbonyl (C=O) groups is 1. The van der Waals surface area contributed by atoms with Crippen molar-refractivity contribution in [3.8, 4) is 11.5 Å². The fourth-order valence-electron chi connectivity index (χ4n) is 2.63. The lowest BCUT2D eigenvalue weighted by Gasteiger charge is -2.28. The highest BCUT2D eigenvalue weighted by Gasteiger charge is 2.27. The Bertz CT molecular complexity index is 766. The fourth-order valence-corrected chi connectivity index (χ4v) is 2.63. The zero-order valence-electron chi connectivity index (χ0n) is 14.8. The van der Waals surface area contributed by atoms with E-state index in [4.69, 9.17) is 15.2 Å². The molecule has 0 bridgehead atoms. The summed E-state index contributed by atoms with van der Waals surface area (Å²) < 4.78 is 11.2. The van der Waals surface area contributed by atoms with Crippen molar-refractivity contribution >= 4 is 17.5 Å². The molecular weight excluding hydrogens is 318 g/mol. The summed E-state index contributed by atoms with van der Waals surface area (Å²) in [6.45, 7) is 7.25. The molecule has 1 amide bonds. The van der Waals surface area contributed by atoms with Crippen LogP contribution in [0.15, 0.2) is 36.4 Å². The van der Waals surface area contributed by atoms with Crippen LogP contribution in [0.1, 0.15) is 26.3 Å². The highest BCUT2D eigenvalue weighted by atomic mass is 16.5. The van der Waals surface area contributed by atoms with Crippen LogP contribution < -0.4 is 20.1 Å². The number of pyridine rings is 1. The SMILES string of the molecule is CC(C)(C)c1ccc(OCCN2C(=O)COc3ccc(N)nc32)cc1. The second kappa shape index (κ2) is 6.63. The molecule has 3 rings (SSSR count). The van der Waals surface area contributed by atoms with Crippen LogP contribution in [0, 0.1) is 0 Å². The van der Waals surface area contributed by atoms with Gasteiger partial charge in [0.1, 0.15) is 18.2 Å². The molecule has 132 valence electrons. The summed E-state index contributed by atoms with van der Waals surface area (Å²) in [7, 11) is 0. The number of amides is 1. The van der Waals surface area contributed by atoms with Gasteiger partial charge in [-0.2, -0.15) is 0 Å². The van der Waals surface area contributed by atoms with Gasteiger partial charge in [0, 0.05) is 0 Å². The Hall–Kier alpha value is -2.76. The number of aromatic nitrogens is 1. The van der Waals surface area contributed by atoms with E-state index >= 15 is 0 Å². The van der Waals surface area contributed by atoms with E-state index in [0.29, 0.717) is 30.5 Å². The van der Waals surface area contributed by atoms with Crippen molar-refractivity contribution in [2.24, 2.45) is 0 Å². The number of benzene rings is 1. The summed E-state index contributed by atoms with van der Waals surface area (Å²) in [6, 6.07) is 11.4. The van der Waals surface area contributed by atoms with Gasteiger partial charge in [0.2, 0.25) is 0 Å². The summed E-state index contributed by atoms with van der Waals surface area (Å²) in [5.74, 6) is 1.97. The number of nitrogens with two attached hydrogens (primary N) is 1. The van der Waals surface area contributed by atoms with E-state index in [9.17, 15) is 4.79 Å². The number of anilines is 2. The number of fused-ring (bicyclic) bond motifs is 1. The van der Waals surface area contributed by atoms with E-state index in [-0.39, 0.29) is 17.9 Å². The molecule has 0 unspecified atom stereocenters. The molecular formula is C19H23N3O3. The molecule has 6 heteroatoms. The first kappa shape index (κ1) is 17.1. The van der Waals surface area contributed by atoms with Crippen molar-refractivity contribution in [3.63, 3.8) is 0 Å². The van der Waals surface area contributed by atoms with E-state index in [2.05, 4.69) is 37.9 Å². The maximum Gasteiger partial charge on any atom is 0.266 e. The van der Waals surface area contributed by atoms with Crippen LogP contribution >= 0.6 is 0 Å². The van der Waals surface area contributed by atoms with Crippen LogP contribution in [0.3, 0.4) is 0 Å². The van der Waals surface area contributed by atoms with Crippen molar-refractivity contribution in [1.82, 2.24) is 4.98 Å². The van der Waals surface area contributed by atoms with Gasteiger partial charge < -0.3 is 15.2 Å². The van der Waals surface area contributed by atoms with Gasteiger partial charge in [-0.15, -0.1) is 0 Å². The molecule has 6 nitrogen and oxygen atoms in total. The zero-order valence-corrected chi connectivity index (χ0v) is 14.8. The molecule has 2 aromatic rings. The highest BCUT2D eigenvalue weighted by molar-refractivity contribution is 5.96. The van der Waals surface area contributed by atoms with Crippen LogP contribution in [0.5, 0.6) is 11.5 Å². The van der Waals surface area contributed by atoms with E-state index < -0.39 is 0 Å². The smallest absolute Gasteiger partial charge is 0.266 e. The number of hydrogen-bond donors (Lipinski definition) is 1. The van der Waals surface area contributed by atoms with Crippen molar-refractivity contribution < 1.29 is 14.3 Å². The average molecular weight is 341 g/mol. The van der Waals surface area contributed by atoms with Crippen molar-refractivity contribution in [1.29, 1.82) is 0 Å². The minimum atomic E-state index is -0.155. The molecule has 2 N–H and O–H groups in total. The first-order chi connectivity index (χ1) is 11.8. The second-order valence-electron chi connectivity index (χ2n) is 7.01. The van der Waals surface area contributed by atoms with Gasteiger partial charge in [-0.3, -0.25) is 9.69 Å². The van der Waals surface area contributed by atoms with Gasteiger partial charge in [0.05, 0.1) is 6.54 Å². The minimum Gasteiger partial charge on any atom is -0.492 e. The van der Waals surface area contributed by atoms with Crippen LogP contribution in [-0.2, 0) is 10.2 Å². The zero-order chi connectivity index (χ0) is 18.0. The maximum atomic E-state index is 12.1. The fraction of sp³-hybridized carbons (Fsp3) is 0.368. The highest BCUT2D eigenvalue weighted by Crippen LogP contribution is 2.30. The number of nitrogens with zero attached hydrogens (tertiary/aromatic N) is 2. The predicted octanol–water partition coefficient (Wildman–Crippen LogP) is 2.77. The third-order valence-corrected chi connectivity index (χ3v) is 4.07. The lowest BCUT2D eigenvalue weighted by Crippen LogP contribution is -2.41. The standard InChI is InChI=1S/C19H23N3O3/c1-19(2,3)13-4-6-14(7-5-13)24-11-10-22-17(23)12-25-15-8-9-16(20)21-18(15)22/h4-9H,10-12H2,1-3H3,(H2,20,21). The summed E-state index contributed by atoms with van der Waals surface area (Å²) in [6.07, 6.45) is 0. The number of nitrogen functional groups attached to an aromatic ring is 1.